The molecule has 0 radical (unpaired) electrons. The smallest absolute Gasteiger partial charge is 0.181 e. The van der Waals surface area contributed by atoms with Crippen molar-refractivity contribution < 1.29 is 9.47 Å². The zero-order valence-corrected chi connectivity index (χ0v) is 22.0. The van der Waals surface area contributed by atoms with Gasteiger partial charge in [0, 0.05) is 36.1 Å². The summed E-state index contributed by atoms with van der Waals surface area (Å²) in [4.78, 5) is 9.57. The fraction of sp³-hybridized carbons (Fsp3) is 0.367. The summed E-state index contributed by atoms with van der Waals surface area (Å²) in [5, 5.41) is 18.8. The maximum Gasteiger partial charge on any atom is 0.181 e. The monoisotopic (exact) mass is 523 g/mol. The lowest BCUT2D eigenvalue weighted by Gasteiger charge is -2.25. The second-order valence-electron chi connectivity index (χ2n) is 10.4. The molecule has 200 valence electrons. The second-order valence-corrected chi connectivity index (χ2v) is 10.4. The first-order valence-corrected chi connectivity index (χ1v) is 13.9. The zero-order valence-electron chi connectivity index (χ0n) is 22.0. The van der Waals surface area contributed by atoms with E-state index in [9.17, 15) is 0 Å². The Morgan fingerprint density at radius 2 is 1.62 bits per heavy atom. The van der Waals surface area contributed by atoms with Gasteiger partial charge in [0.2, 0.25) is 0 Å². The number of aromatic nitrogens is 5. The predicted molar refractivity (Wildman–Crippen MR) is 152 cm³/mol. The summed E-state index contributed by atoms with van der Waals surface area (Å²) in [6, 6.07) is 19.0. The highest BCUT2D eigenvalue weighted by atomic mass is 16.5. The molecule has 2 aliphatic rings. The number of nitrogens with one attached hydrogen (secondary N) is 2. The summed E-state index contributed by atoms with van der Waals surface area (Å²) < 4.78 is 11.5. The minimum atomic E-state index is 0.697. The highest BCUT2D eigenvalue weighted by Crippen LogP contribution is 2.32. The fourth-order valence-electron chi connectivity index (χ4n) is 5.60. The Kier molecular flexibility index (Phi) is 6.70. The number of nitrogens with zero attached hydrogens (tertiary/aromatic N) is 5. The van der Waals surface area contributed by atoms with Crippen molar-refractivity contribution in [2.75, 3.05) is 52.5 Å². The molecule has 0 amide bonds. The van der Waals surface area contributed by atoms with Crippen LogP contribution in [-0.4, -0.2) is 87.7 Å². The van der Waals surface area contributed by atoms with Gasteiger partial charge in [-0.15, -0.1) is 0 Å². The van der Waals surface area contributed by atoms with E-state index < -0.39 is 0 Å². The Morgan fingerprint density at radius 1 is 0.795 bits per heavy atom. The van der Waals surface area contributed by atoms with Crippen molar-refractivity contribution in [3.05, 3.63) is 60.4 Å². The van der Waals surface area contributed by atoms with Crippen molar-refractivity contribution in [3.63, 3.8) is 0 Å². The first-order valence-electron chi connectivity index (χ1n) is 13.9. The molecule has 2 aromatic heterocycles. The van der Waals surface area contributed by atoms with Gasteiger partial charge in [0.25, 0.3) is 0 Å². The van der Waals surface area contributed by atoms with Crippen LogP contribution in [-0.2, 0) is 11.3 Å². The van der Waals surface area contributed by atoms with Crippen molar-refractivity contribution in [1.82, 2.24) is 35.2 Å². The number of hydrogen-bond donors (Lipinski definition) is 2. The van der Waals surface area contributed by atoms with Crippen LogP contribution in [0.15, 0.2) is 54.6 Å². The number of benzene rings is 3. The van der Waals surface area contributed by atoms with E-state index in [0.717, 1.165) is 96.1 Å². The van der Waals surface area contributed by atoms with Gasteiger partial charge in [0.05, 0.1) is 31.0 Å². The number of H-pyrrole nitrogens is 2. The topological polar surface area (TPSA) is 95.2 Å². The van der Waals surface area contributed by atoms with Crippen LogP contribution in [0.25, 0.3) is 44.3 Å². The van der Waals surface area contributed by atoms with Gasteiger partial charge in [-0.1, -0.05) is 18.2 Å². The van der Waals surface area contributed by atoms with Crippen LogP contribution in [0.1, 0.15) is 18.7 Å². The lowest BCUT2D eigenvalue weighted by atomic mass is 10.0. The highest BCUT2D eigenvalue weighted by molar-refractivity contribution is 5.97. The average molecular weight is 524 g/mol. The molecule has 39 heavy (non-hydrogen) atoms. The predicted octanol–water partition coefficient (Wildman–Crippen LogP) is 4.48. The molecule has 0 atom stereocenters. The van der Waals surface area contributed by atoms with Crippen LogP contribution in [0.4, 0.5) is 0 Å². The van der Waals surface area contributed by atoms with E-state index in [1.165, 1.54) is 25.9 Å². The second kappa shape index (κ2) is 10.8. The molecule has 2 saturated heterocycles. The molecule has 4 heterocycles. The van der Waals surface area contributed by atoms with Crippen LogP contribution in [0, 0.1) is 0 Å². The lowest BCUT2D eigenvalue weighted by Crippen LogP contribution is -2.35. The number of aromatic amines is 2. The Hall–Kier alpha value is -3.79. The quantitative estimate of drug-likeness (QED) is 0.310. The number of ether oxygens (including phenoxy) is 2. The molecule has 0 unspecified atom stereocenters. The van der Waals surface area contributed by atoms with E-state index in [1.54, 1.807) is 0 Å². The van der Waals surface area contributed by atoms with Gasteiger partial charge in [0.1, 0.15) is 18.2 Å². The SMILES string of the molecule is c1cc2cc(-c3n[nH]c4ccc(-c5n[nH]c(CN6CCOCC6)n5)cc34)ccc2cc1OCCN1CCCC1. The van der Waals surface area contributed by atoms with Crippen LogP contribution >= 0.6 is 0 Å². The van der Waals surface area contributed by atoms with Crippen molar-refractivity contribution >= 4 is 21.7 Å². The Bertz CT molecular complexity index is 1580. The first kappa shape index (κ1) is 24.3. The molecule has 3 aromatic carbocycles. The molecule has 5 aromatic rings. The minimum Gasteiger partial charge on any atom is -0.492 e. The normalized spacial score (nSPS) is 16.9. The molecule has 0 aliphatic carbocycles. The van der Waals surface area contributed by atoms with Crippen LogP contribution in [0.5, 0.6) is 5.75 Å². The molecule has 0 bridgehead atoms. The average Bonchev–Trinajstić information content (AvgIpc) is 3.75. The highest BCUT2D eigenvalue weighted by Gasteiger charge is 2.16. The van der Waals surface area contributed by atoms with Gasteiger partial charge in [-0.05, 0) is 73.1 Å². The lowest BCUT2D eigenvalue weighted by molar-refractivity contribution is 0.0331. The maximum absolute atomic E-state index is 6.05. The van der Waals surface area contributed by atoms with E-state index >= 15 is 0 Å². The van der Waals surface area contributed by atoms with E-state index in [4.69, 9.17) is 14.5 Å². The van der Waals surface area contributed by atoms with Crippen molar-refractivity contribution in [2.45, 2.75) is 19.4 Å². The van der Waals surface area contributed by atoms with Crippen molar-refractivity contribution in [3.8, 4) is 28.4 Å². The number of likely N-dealkylation sites (tertiary alicyclic amines) is 1. The van der Waals surface area contributed by atoms with Crippen molar-refractivity contribution in [1.29, 1.82) is 0 Å². The third-order valence-electron chi connectivity index (χ3n) is 7.79. The van der Waals surface area contributed by atoms with Gasteiger partial charge in [-0.2, -0.15) is 10.2 Å². The first-order chi connectivity index (χ1) is 19.3. The van der Waals surface area contributed by atoms with E-state index in [0.29, 0.717) is 5.82 Å². The Labute approximate surface area is 227 Å². The van der Waals surface area contributed by atoms with Crippen LogP contribution < -0.4 is 4.74 Å². The zero-order chi connectivity index (χ0) is 26.0. The molecule has 0 saturated carbocycles. The summed E-state index contributed by atoms with van der Waals surface area (Å²) in [5.74, 6) is 2.49. The summed E-state index contributed by atoms with van der Waals surface area (Å²) in [7, 11) is 0. The number of fused-ring (bicyclic) bond motifs is 2. The maximum atomic E-state index is 6.05. The molecule has 2 N–H and O–H groups in total. The van der Waals surface area contributed by atoms with Crippen molar-refractivity contribution in [2.24, 2.45) is 0 Å². The molecule has 2 fully saturated rings. The Balaban J connectivity index is 1.10. The summed E-state index contributed by atoms with van der Waals surface area (Å²) in [6.45, 7) is 8.23. The van der Waals surface area contributed by atoms with Crippen LogP contribution in [0.2, 0.25) is 0 Å². The largest absolute Gasteiger partial charge is 0.492 e. The molecule has 7 rings (SSSR count). The number of hydrogen-bond acceptors (Lipinski definition) is 7. The van der Waals surface area contributed by atoms with Crippen LogP contribution in [0.3, 0.4) is 0 Å². The summed E-state index contributed by atoms with van der Waals surface area (Å²) >= 11 is 0. The van der Waals surface area contributed by atoms with E-state index in [-0.39, 0.29) is 0 Å². The van der Waals surface area contributed by atoms with Gasteiger partial charge < -0.3 is 9.47 Å². The van der Waals surface area contributed by atoms with E-state index in [1.807, 2.05) is 12.1 Å². The third-order valence-corrected chi connectivity index (χ3v) is 7.79. The van der Waals surface area contributed by atoms with E-state index in [2.05, 4.69) is 72.7 Å². The van der Waals surface area contributed by atoms with Gasteiger partial charge >= 0.3 is 0 Å². The summed E-state index contributed by atoms with van der Waals surface area (Å²) in [5.41, 5.74) is 3.94. The fourth-order valence-corrected chi connectivity index (χ4v) is 5.60. The number of morpholine rings is 1. The molecular formula is C30H33N7O2. The minimum absolute atomic E-state index is 0.697. The third kappa shape index (κ3) is 5.25. The van der Waals surface area contributed by atoms with Gasteiger partial charge in [-0.25, -0.2) is 4.98 Å². The standard InChI is InChI=1S/C30H33N7O2/c1-2-10-36(9-1)13-16-39-25-7-5-21-17-23(4-3-22(21)18-25)29-26-19-24(6-8-27(26)32-34-29)30-31-28(33-35-30)20-37-11-14-38-15-12-37/h3-8,17-19H,1-2,9-16,20H2,(H,32,34)(H,31,33,35). The molecule has 9 heteroatoms. The van der Waals surface area contributed by atoms with Gasteiger partial charge in [0.15, 0.2) is 5.82 Å². The molecule has 2 aliphatic heterocycles. The molecular weight excluding hydrogens is 490 g/mol. The number of rotatable bonds is 8. The molecule has 9 nitrogen and oxygen atoms in total. The molecule has 0 spiro atoms. The Morgan fingerprint density at radius 3 is 2.51 bits per heavy atom. The van der Waals surface area contributed by atoms with Gasteiger partial charge in [-0.3, -0.25) is 20.0 Å². The summed E-state index contributed by atoms with van der Waals surface area (Å²) in [6.07, 6.45) is 2.61.